The number of Topliss-reactive ketones (excluding diaryl/α,β-unsaturated/α-hetero) is 1. The Kier molecular flexibility index (Phi) is 5.26. The number of halogens is 3. The smallest absolute Gasteiger partial charge is 0.406 e. The number of ketones is 1. The molecule has 0 bridgehead atoms. The summed E-state index contributed by atoms with van der Waals surface area (Å²) in [5.41, 5.74) is 0.727. The third-order valence-corrected chi connectivity index (χ3v) is 3.80. The highest BCUT2D eigenvalue weighted by atomic mass is 19.4. The fourth-order valence-corrected chi connectivity index (χ4v) is 2.82. The summed E-state index contributed by atoms with van der Waals surface area (Å²) in [5, 5.41) is 0. The average molecular weight is 300 g/mol. The number of alkyl halides is 3. The lowest BCUT2D eigenvalue weighted by Gasteiger charge is -2.20. The molecule has 0 atom stereocenters. The van der Waals surface area contributed by atoms with Crippen LogP contribution in [0.2, 0.25) is 0 Å². The molecule has 1 aromatic carbocycles. The quantitative estimate of drug-likeness (QED) is 0.790. The monoisotopic (exact) mass is 300 g/mol. The first-order valence-corrected chi connectivity index (χ1v) is 7.29. The fourth-order valence-electron chi connectivity index (χ4n) is 2.82. The van der Waals surface area contributed by atoms with Gasteiger partial charge in [0, 0.05) is 12.8 Å². The standard InChI is InChI=1S/C16H19F3O2/c17-16(18,19)21-15-8-6-13(7-9-15)11-14(20)10-12-4-2-1-3-5-12/h6-9,12H,1-5,10-11H2. The van der Waals surface area contributed by atoms with Crippen LogP contribution < -0.4 is 4.74 Å². The normalized spacial score (nSPS) is 16.7. The van der Waals surface area contributed by atoms with Crippen LogP contribution in [0.1, 0.15) is 44.1 Å². The van der Waals surface area contributed by atoms with Crippen molar-refractivity contribution in [2.24, 2.45) is 5.92 Å². The van der Waals surface area contributed by atoms with Gasteiger partial charge in [0.1, 0.15) is 11.5 Å². The molecular formula is C16H19F3O2. The van der Waals surface area contributed by atoms with Gasteiger partial charge >= 0.3 is 6.36 Å². The van der Waals surface area contributed by atoms with E-state index < -0.39 is 6.36 Å². The summed E-state index contributed by atoms with van der Waals surface area (Å²) in [6.07, 6.45) is 2.06. The first-order valence-electron chi connectivity index (χ1n) is 7.29. The van der Waals surface area contributed by atoms with Crippen LogP contribution >= 0.6 is 0 Å². The average Bonchev–Trinajstić information content (AvgIpc) is 2.40. The second-order valence-corrected chi connectivity index (χ2v) is 5.62. The molecule has 0 unspecified atom stereocenters. The summed E-state index contributed by atoms with van der Waals surface area (Å²) >= 11 is 0. The molecule has 1 fully saturated rings. The Morgan fingerprint density at radius 2 is 1.71 bits per heavy atom. The summed E-state index contributed by atoms with van der Waals surface area (Å²) in [6, 6.07) is 5.52. The van der Waals surface area contributed by atoms with Crippen LogP contribution in [-0.2, 0) is 11.2 Å². The van der Waals surface area contributed by atoms with Crippen molar-refractivity contribution in [2.45, 2.75) is 51.3 Å². The zero-order chi connectivity index (χ0) is 15.3. The van der Waals surface area contributed by atoms with Gasteiger partial charge in [0.05, 0.1) is 0 Å². The number of benzene rings is 1. The summed E-state index contributed by atoms with van der Waals surface area (Å²) < 4.78 is 39.9. The Hall–Kier alpha value is -1.52. The van der Waals surface area contributed by atoms with Gasteiger partial charge < -0.3 is 4.74 Å². The second kappa shape index (κ2) is 6.96. The van der Waals surface area contributed by atoms with Crippen molar-refractivity contribution in [1.82, 2.24) is 0 Å². The van der Waals surface area contributed by atoms with Gasteiger partial charge in [0.2, 0.25) is 0 Å². The maximum absolute atomic E-state index is 12.0. The molecule has 1 saturated carbocycles. The van der Waals surface area contributed by atoms with Gasteiger partial charge in [0.15, 0.2) is 0 Å². The molecular weight excluding hydrogens is 281 g/mol. The van der Waals surface area contributed by atoms with Crippen molar-refractivity contribution in [3.63, 3.8) is 0 Å². The van der Waals surface area contributed by atoms with Crippen LogP contribution in [0.3, 0.4) is 0 Å². The Balaban J connectivity index is 1.83. The number of rotatable bonds is 5. The highest BCUT2D eigenvalue weighted by molar-refractivity contribution is 5.81. The van der Waals surface area contributed by atoms with Crippen LogP contribution in [0.15, 0.2) is 24.3 Å². The van der Waals surface area contributed by atoms with Crippen molar-refractivity contribution in [3.05, 3.63) is 29.8 Å². The van der Waals surface area contributed by atoms with E-state index in [0.717, 1.165) is 18.4 Å². The lowest BCUT2D eigenvalue weighted by molar-refractivity contribution is -0.274. The predicted octanol–water partition coefficient (Wildman–Crippen LogP) is 4.67. The van der Waals surface area contributed by atoms with E-state index in [1.807, 2.05) is 0 Å². The van der Waals surface area contributed by atoms with E-state index in [1.54, 1.807) is 0 Å². The maximum Gasteiger partial charge on any atom is 0.573 e. The third-order valence-electron chi connectivity index (χ3n) is 3.80. The number of hydrogen-bond acceptors (Lipinski definition) is 2. The molecule has 2 rings (SSSR count). The molecule has 0 saturated heterocycles. The van der Waals surface area contributed by atoms with Crippen LogP contribution in [0.4, 0.5) is 13.2 Å². The highest BCUT2D eigenvalue weighted by Crippen LogP contribution is 2.27. The molecule has 0 spiro atoms. The molecule has 1 aliphatic rings. The summed E-state index contributed by atoms with van der Waals surface area (Å²) in [7, 11) is 0. The molecule has 116 valence electrons. The molecule has 0 N–H and O–H groups in total. The maximum atomic E-state index is 12.0. The van der Waals surface area contributed by atoms with Crippen molar-refractivity contribution in [1.29, 1.82) is 0 Å². The number of hydrogen-bond donors (Lipinski definition) is 0. The molecule has 2 nitrogen and oxygen atoms in total. The van der Waals surface area contributed by atoms with E-state index in [0.29, 0.717) is 12.3 Å². The lowest BCUT2D eigenvalue weighted by Crippen LogP contribution is -2.17. The molecule has 0 aromatic heterocycles. The molecule has 1 aliphatic carbocycles. The molecule has 0 aliphatic heterocycles. The number of carbonyl (C=O) groups excluding carboxylic acids is 1. The zero-order valence-corrected chi connectivity index (χ0v) is 11.8. The summed E-state index contributed by atoms with van der Waals surface area (Å²) in [6.45, 7) is 0. The van der Waals surface area contributed by atoms with Crippen molar-refractivity contribution in [2.75, 3.05) is 0 Å². The van der Waals surface area contributed by atoms with Gasteiger partial charge in [-0.05, 0) is 23.6 Å². The van der Waals surface area contributed by atoms with Crippen molar-refractivity contribution < 1.29 is 22.7 Å². The molecule has 21 heavy (non-hydrogen) atoms. The Morgan fingerprint density at radius 1 is 1.10 bits per heavy atom. The minimum Gasteiger partial charge on any atom is -0.406 e. The molecule has 0 amide bonds. The molecule has 0 radical (unpaired) electrons. The Morgan fingerprint density at radius 3 is 2.29 bits per heavy atom. The topological polar surface area (TPSA) is 26.3 Å². The van der Waals surface area contributed by atoms with E-state index in [4.69, 9.17) is 0 Å². The zero-order valence-electron chi connectivity index (χ0n) is 11.8. The van der Waals surface area contributed by atoms with E-state index in [9.17, 15) is 18.0 Å². The largest absolute Gasteiger partial charge is 0.573 e. The number of carbonyl (C=O) groups is 1. The lowest BCUT2D eigenvalue weighted by atomic mass is 9.85. The van der Waals surface area contributed by atoms with Crippen LogP contribution in [0.5, 0.6) is 5.75 Å². The minimum absolute atomic E-state index is 0.159. The summed E-state index contributed by atoms with van der Waals surface area (Å²) in [5.74, 6) is 0.386. The van der Waals surface area contributed by atoms with Crippen LogP contribution in [-0.4, -0.2) is 12.1 Å². The van der Waals surface area contributed by atoms with Gasteiger partial charge in [-0.15, -0.1) is 13.2 Å². The van der Waals surface area contributed by atoms with Crippen LogP contribution in [0, 0.1) is 5.92 Å². The first kappa shape index (κ1) is 15.9. The van der Waals surface area contributed by atoms with Gasteiger partial charge in [-0.1, -0.05) is 44.2 Å². The fraction of sp³-hybridized carbons (Fsp3) is 0.562. The van der Waals surface area contributed by atoms with E-state index >= 15 is 0 Å². The Bertz CT molecular complexity index is 459. The van der Waals surface area contributed by atoms with Gasteiger partial charge in [0.25, 0.3) is 0 Å². The van der Waals surface area contributed by atoms with Crippen molar-refractivity contribution in [3.8, 4) is 5.75 Å². The third kappa shape index (κ3) is 5.78. The minimum atomic E-state index is -4.68. The van der Waals surface area contributed by atoms with E-state index in [-0.39, 0.29) is 18.0 Å². The SMILES string of the molecule is O=C(Cc1ccc(OC(F)(F)F)cc1)CC1CCCCC1. The van der Waals surface area contributed by atoms with Crippen molar-refractivity contribution >= 4 is 5.78 Å². The Labute approximate surface area is 122 Å². The van der Waals surface area contributed by atoms with Gasteiger partial charge in [-0.3, -0.25) is 4.79 Å². The molecule has 1 aromatic rings. The summed E-state index contributed by atoms with van der Waals surface area (Å²) in [4.78, 5) is 12.0. The first-order chi connectivity index (χ1) is 9.92. The second-order valence-electron chi connectivity index (χ2n) is 5.62. The van der Waals surface area contributed by atoms with E-state index in [2.05, 4.69) is 4.74 Å². The molecule has 5 heteroatoms. The van der Waals surface area contributed by atoms with E-state index in [1.165, 1.54) is 43.5 Å². The van der Waals surface area contributed by atoms with Gasteiger partial charge in [-0.25, -0.2) is 0 Å². The van der Waals surface area contributed by atoms with Gasteiger partial charge in [-0.2, -0.15) is 0 Å². The number of ether oxygens (including phenoxy) is 1. The molecule has 0 heterocycles. The predicted molar refractivity (Wildman–Crippen MR) is 73.0 cm³/mol. The highest BCUT2D eigenvalue weighted by Gasteiger charge is 2.30. The van der Waals surface area contributed by atoms with Crippen LogP contribution in [0.25, 0.3) is 0 Å².